The maximum absolute atomic E-state index is 12.9. The summed E-state index contributed by atoms with van der Waals surface area (Å²) in [5.74, 6) is 1.30. The molecule has 0 unspecified atom stereocenters. The van der Waals surface area contributed by atoms with Crippen LogP contribution in [0.25, 0.3) is 11.1 Å². The number of furan rings is 1. The van der Waals surface area contributed by atoms with Gasteiger partial charge in [0.2, 0.25) is 10.0 Å². The topological polar surface area (TPSA) is 106 Å². The van der Waals surface area contributed by atoms with E-state index < -0.39 is 10.0 Å². The molecule has 1 fully saturated rings. The lowest BCUT2D eigenvalue weighted by Gasteiger charge is -2.30. The molecular weight excluding hydrogens is 442 g/mol. The number of rotatable bonds is 6. The maximum Gasteiger partial charge on any atom is 0.253 e. The van der Waals surface area contributed by atoms with Crippen molar-refractivity contribution >= 4 is 27.0 Å². The maximum atomic E-state index is 12.9. The fourth-order valence-corrected chi connectivity index (χ4v) is 5.01. The van der Waals surface area contributed by atoms with E-state index in [1.54, 1.807) is 29.2 Å². The molecule has 2 aromatic heterocycles. The summed E-state index contributed by atoms with van der Waals surface area (Å²) >= 11 is 0. The number of nitrogens with zero attached hydrogens (tertiary/aromatic N) is 2. The summed E-state index contributed by atoms with van der Waals surface area (Å²) in [5.41, 5.74) is 2.08. The van der Waals surface area contributed by atoms with Crippen LogP contribution in [0.5, 0.6) is 0 Å². The van der Waals surface area contributed by atoms with Crippen molar-refractivity contribution in [3.63, 3.8) is 0 Å². The van der Waals surface area contributed by atoms with E-state index in [2.05, 4.69) is 9.71 Å². The lowest BCUT2D eigenvalue weighted by atomic mass is 9.96. The standard InChI is InChI=1S/C24H23N3O5S/c28-24(18-7-9-20(10-8-18)33(29,30)25-16-19-4-3-15-31-19)27-13-11-17(12-14-27)23-26-21-5-1-2-6-22(21)32-23/h1-10,15,17,25H,11-14,16H2. The molecule has 1 aliphatic rings. The molecule has 0 radical (unpaired) electrons. The van der Waals surface area contributed by atoms with Crippen LogP contribution in [-0.4, -0.2) is 37.3 Å². The molecule has 1 amide bonds. The van der Waals surface area contributed by atoms with Crippen LogP contribution < -0.4 is 4.72 Å². The fourth-order valence-electron chi connectivity index (χ4n) is 4.02. The molecule has 0 bridgehead atoms. The van der Waals surface area contributed by atoms with Gasteiger partial charge in [-0.25, -0.2) is 18.1 Å². The Morgan fingerprint density at radius 3 is 2.48 bits per heavy atom. The van der Waals surface area contributed by atoms with Crippen molar-refractivity contribution < 1.29 is 22.0 Å². The number of oxazole rings is 1. The Labute approximate surface area is 191 Å². The van der Waals surface area contributed by atoms with Crippen LogP contribution in [-0.2, 0) is 16.6 Å². The summed E-state index contributed by atoms with van der Waals surface area (Å²) in [6, 6.07) is 17.1. The lowest BCUT2D eigenvalue weighted by molar-refractivity contribution is 0.0706. The number of hydrogen-bond donors (Lipinski definition) is 1. The number of likely N-dealkylation sites (tertiary alicyclic amines) is 1. The summed E-state index contributed by atoms with van der Waals surface area (Å²) in [6.45, 7) is 1.24. The first-order valence-electron chi connectivity index (χ1n) is 10.8. The Bertz CT molecular complexity index is 1320. The largest absolute Gasteiger partial charge is 0.468 e. The predicted octanol–water partition coefficient (Wildman–Crippen LogP) is 3.92. The molecule has 0 saturated carbocycles. The van der Waals surface area contributed by atoms with E-state index in [1.165, 1.54) is 18.4 Å². The minimum atomic E-state index is -3.71. The monoisotopic (exact) mass is 465 g/mol. The average molecular weight is 466 g/mol. The number of benzene rings is 2. The lowest BCUT2D eigenvalue weighted by Crippen LogP contribution is -2.38. The number of amides is 1. The van der Waals surface area contributed by atoms with Gasteiger partial charge in [-0.1, -0.05) is 12.1 Å². The number of piperidine rings is 1. The highest BCUT2D eigenvalue weighted by atomic mass is 32.2. The summed E-state index contributed by atoms with van der Waals surface area (Å²) in [5, 5.41) is 0. The third-order valence-electron chi connectivity index (χ3n) is 5.87. The minimum Gasteiger partial charge on any atom is -0.468 e. The van der Waals surface area contributed by atoms with Crippen molar-refractivity contribution in [2.24, 2.45) is 0 Å². The van der Waals surface area contributed by atoms with Crippen molar-refractivity contribution in [1.82, 2.24) is 14.6 Å². The summed E-state index contributed by atoms with van der Waals surface area (Å²) in [4.78, 5) is 19.4. The second-order valence-corrected chi connectivity index (χ2v) is 9.78. The van der Waals surface area contributed by atoms with E-state index >= 15 is 0 Å². The van der Waals surface area contributed by atoms with Gasteiger partial charge in [0.25, 0.3) is 5.91 Å². The van der Waals surface area contributed by atoms with E-state index in [1.807, 2.05) is 24.3 Å². The molecular formula is C24H23N3O5S. The molecule has 0 spiro atoms. The van der Waals surface area contributed by atoms with Gasteiger partial charge in [-0.3, -0.25) is 4.79 Å². The second-order valence-electron chi connectivity index (χ2n) is 8.01. The molecule has 0 aliphatic carbocycles. The third-order valence-corrected chi connectivity index (χ3v) is 7.29. The normalized spacial score (nSPS) is 15.2. The smallest absolute Gasteiger partial charge is 0.253 e. The molecule has 2 aromatic carbocycles. The number of hydrogen-bond acceptors (Lipinski definition) is 6. The number of fused-ring (bicyclic) bond motifs is 1. The quantitative estimate of drug-likeness (QED) is 0.463. The Balaban J connectivity index is 1.20. The van der Waals surface area contributed by atoms with Gasteiger partial charge in [-0.15, -0.1) is 0 Å². The molecule has 1 N–H and O–H groups in total. The molecule has 5 rings (SSSR count). The fraction of sp³-hybridized carbons (Fsp3) is 0.250. The van der Waals surface area contributed by atoms with E-state index in [0.717, 1.165) is 29.8 Å². The van der Waals surface area contributed by atoms with Gasteiger partial charge in [0, 0.05) is 24.6 Å². The highest BCUT2D eigenvalue weighted by Gasteiger charge is 2.28. The van der Waals surface area contributed by atoms with Crippen molar-refractivity contribution in [3.05, 3.63) is 84.1 Å². The average Bonchev–Trinajstić information content (AvgIpc) is 3.52. The van der Waals surface area contributed by atoms with Crippen LogP contribution in [0, 0.1) is 0 Å². The van der Waals surface area contributed by atoms with Gasteiger partial charge in [0.05, 0.1) is 17.7 Å². The first-order valence-corrected chi connectivity index (χ1v) is 12.2. The van der Waals surface area contributed by atoms with Crippen LogP contribution in [0.3, 0.4) is 0 Å². The van der Waals surface area contributed by atoms with Gasteiger partial charge < -0.3 is 13.7 Å². The van der Waals surface area contributed by atoms with Crippen LogP contribution in [0.1, 0.15) is 40.8 Å². The van der Waals surface area contributed by atoms with E-state index in [4.69, 9.17) is 8.83 Å². The zero-order valence-electron chi connectivity index (χ0n) is 17.8. The molecule has 170 valence electrons. The summed E-state index contributed by atoms with van der Waals surface area (Å²) in [6.07, 6.45) is 3.02. The Hall–Kier alpha value is -3.43. The number of para-hydroxylation sites is 2. The van der Waals surface area contributed by atoms with Gasteiger partial charge >= 0.3 is 0 Å². The molecule has 8 nitrogen and oxygen atoms in total. The number of aromatic nitrogens is 1. The molecule has 0 atom stereocenters. The van der Waals surface area contributed by atoms with E-state index in [0.29, 0.717) is 24.4 Å². The summed E-state index contributed by atoms with van der Waals surface area (Å²) < 4.78 is 38.5. The molecule has 3 heterocycles. The number of carbonyl (C=O) groups is 1. The zero-order chi connectivity index (χ0) is 22.8. The molecule has 1 saturated heterocycles. The zero-order valence-corrected chi connectivity index (χ0v) is 18.6. The molecule has 9 heteroatoms. The van der Waals surface area contributed by atoms with E-state index in [-0.39, 0.29) is 23.3 Å². The van der Waals surface area contributed by atoms with Gasteiger partial charge in [-0.2, -0.15) is 0 Å². The third kappa shape index (κ3) is 4.55. The van der Waals surface area contributed by atoms with Crippen molar-refractivity contribution in [2.45, 2.75) is 30.2 Å². The highest BCUT2D eigenvalue weighted by Crippen LogP contribution is 2.30. The first-order chi connectivity index (χ1) is 16.0. The Kier molecular flexibility index (Phi) is 5.74. The van der Waals surface area contributed by atoms with Crippen molar-refractivity contribution in [3.8, 4) is 0 Å². The number of nitrogens with one attached hydrogen (secondary N) is 1. The van der Waals surface area contributed by atoms with Gasteiger partial charge in [-0.05, 0) is 61.4 Å². The molecule has 1 aliphatic heterocycles. The first kappa shape index (κ1) is 21.4. The Morgan fingerprint density at radius 1 is 1.03 bits per heavy atom. The SMILES string of the molecule is O=C(c1ccc(S(=O)(=O)NCc2ccco2)cc1)N1CCC(c2nc3ccccc3o2)CC1. The predicted molar refractivity (Wildman–Crippen MR) is 121 cm³/mol. The van der Waals surface area contributed by atoms with E-state index in [9.17, 15) is 13.2 Å². The molecule has 4 aromatic rings. The Morgan fingerprint density at radius 2 is 1.79 bits per heavy atom. The van der Waals surface area contributed by atoms with Gasteiger partial charge in [0.1, 0.15) is 11.3 Å². The second kappa shape index (κ2) is 8.84. The van der Waals surface area contributed by atoms with Crippen LogP contribution >= 0.6 is 0 Å². The molecule has 33 heavy (non-hydrogen) atoms. The van der Waals surface area contributed by atoms with Crippen LogP contribution in [0.15, 0.2) is 80.7 Å². The highest BCUT2D eigenvalue weighted by molar-refractivity contribution is 7.89. The summed E-state index contributed by atoms with van der Waals surface area (Å²) in [7, 11) is -3.71. The van der Waals surface area contributed by atoms with Crippen molar-refractivity contribution in [2.75, 3.05) is 13.1 Å². The van der Waals surface area contributed by atoms with Crippen molar-refractivity contribution in [1.29, 1.82) is 0 Å². The van der Waals surface area contributed by atoms with Gasteiger partial charge in [0.15, 0.2) is 11.5 Å². The van der Waals surface area contributed by atoms with Crippen LogP contribution in [0.4, 0.5) is 0 Å². The van der Waals surface area contributed by atoms with Crippen LogP contribution in [0.2, 0.25) is 0 Å². The number of sulfonamides is 1. The number of carbonyl (C=O) groups excluding carboxylic acids is 1. The minimum absolute atomic E-state index is 0.0606.